The number of nitrogens with zero attached hydrogens (tertiary/aromatic N) is 1. The van der Waals surface area contributed by atoms with Crippen molar-refractivity contribution in [1.29, 1.82) is 0 Å². The number of benzene rings is 2. The molecule has 1 amide bonds. The molecule has 148 valence electrons. The summed E-state index contributed by atoms with van der Waals surface area (Å²) < 4.78 is 40.6. The average Bonchev–Trinajstić information content (AvgIpc) is 3.50. The van der Waals surface area contributed by atoms with E-state index in [1.165, 1.54) is 16.4 Å². The summed E-state index contributed by atoms with van der Waals surface area (Å²) in [5.74, 6) is -0.680. The van der Waals surface area contributed by atoms with Gasteiger partial charge < -0.3 is 5.32 Å². The van der Waals surface area contributed by atoms with Crippen molar-refractivity contribution in [1.82, 2.24) is 4.31 Å². The minimum absolute atomic E-state index is 0.0477. The maximum absolute atomic E-state index is 13.1. The summed E-state index contributed by atoms with van der Waals surface area (Å²) in [5, 5.41) is 2.81. The molecule has 4 rings (SSSR count). The lowest BCUT2D eigenvalue weighted by Crippen LogP contribution is -2.36. The topological polar surface area (TPSA) is 66.5 Å². The molecule has 0 aromatic heterocycles. The number of piperidine rings is 1. The Labute approximate surface area is 164 Å². The monoisotopic (exact) mass is 402 g/mol. The number of anilines is 1. The highest BCUT2D eigenvalue weighted by Crippen LogP contribution is 2.48. The standard InChI is InChI=1S/C21H23FN2O3S/c22-16-10-8-15(9-11-16)17-14-18(17)21(25)23-19-6-2-3-7-20(19)28(26,27)24-12-4-1-5-13-24/h2-3,6-11,17-18H,1,4-5,12-14H2,(H,23,25). The van der Waals surface area contributed by atoms with Crippen LogP contribution in [0.4, 0.5) is 10.1 Å². The SMILES string of the molecule is O=C(Nc1ccccc1S(=O)(=O)N1CCCCC1)C1CC1c1ccc(F)cc1. The van der Waals surface area contributed by atoms with Gasteiger partial charge in [-0.25, -0.2) is 12.8 Å². The average molecular weight is 402 g/mol. The van der Waals surface area contributed by atoms with Gasteiger partial charge in [0.2, 0.25) is 15.9 Å². The number of carbonyl (C=O) groups is 1. The van der Waals surface area contributed by atoms with E-state index in [1.54, 1.807) is 36.4 Å². The Morgan fingerprint density at radius 1 is 1.00 bits per heavy atom. The first kappa shape index (κ1) is 19.1. The largest absolute Gasteiger partial charge is 0.325 e. The molecule has 2 fully saturated rings. The van der Waals surface area contributed by atoms with E-state index in [2.05, 4.69) is 5.32 Å². The van der Waals surface area contributed by atoms with E-state index in [0.717, 1.165) is 24.8 Å². The molecule has 1 saturated carbocycles. The zero-order valence-electron chi connectivity index (χ0n) is 15.5. The molecule has 2 unspecified atom stereocenters. The van der Waals surface area contributed by atoms with Crippen LogP contribution in [0.2, 0.25) is 0 Å². The maximum Gasteiger partial charge on any atom is 0.245 e. The van der Waals surface area contributed by atoms with Gasteiger partial charge in [0.25, 0.3) is 0 Å². The van der Waals surface area contributed by atoms with Gasteiger partial charge in [0.1, 0.15) is 10.7 Å². The fraction of sp³-hybridized carbons (Fsp3) is 0.381. The molecule has 1 saturated heterocycles. The number of nitrogens with one attached hydrogen (secondary N) is 1. The minimum Gasteiger partial charge on any atom is -0.325 e. The molecule has 1 aliphatic heterocycles. The molecule has 0 bridgehead atoms. The molecule has 2 aromatic carbocycles. The summed E-state index contributed by atoms with van der Waals surface area (Å²) >= 11 is 0. The van der Waals surface area contributed by atoms with Crippen molar-refractivity contribution < 1.29 is 17.6 Å². The van der Waals surface area contributed by atoms with Crippen LogP contribution in [0.15, 0.2) is 53.4 Å². The van der Waals surface area contributed by atoms with E-state index < -0.39 is 10.0 Å². The van der Waals surface area contributed by atoms with E-state index >= 15 is 0 Å². The summed E-state index contributed by atoms with van der Waals surface area (Å²) in [6.07, 6.45) is 3.43. The molecule has 7 heteroatoms. The fourth-order valence-electron chi connectivity index (χ4n) is 3.83. The first-order valence-corrected chi connectivity index (χ1v) is 11.1. The number of carbonyl (C=O) groups excluding carboxylic acids is 1. The van der Waals surface area contributed by atoms with Crippen LogP contribution in [-0.2, 0) is 14.8 Å². The number of hydrogen-bond acceptors (Lipinski definition) is 3. The van der Waals surface area contributed by atoms with E-state index in [-0.39, 0.29) is 28.5 Å². The molecule has 2 atom stereocenters. The van der Waals surface area contributed by atoms with Crippen molar-refractivity contribution in [2.45, 2.75) is 36.5 Å². The number of amides is 1. The Kier molecular flexibility index (Phi) is 5.21. The minimum atomic E-state index is -3.64. The zero-order valence-corrected chi connectivity index (χ0v) is 16.3. The number of hydrogen-bond donors (Lipinski definition) is 1. The van der Waals surface area contributed by atoms with Gasteiger partial charge in [-0.05, 0) is 55.0 Å². The number of halogens is 1. The van der Waals surface area contributed by atoms with Crippen molar-refractivity contribution in [2.24, 2.45) is 5.92 Å². The second kappa shape index (κ2) is 7.64. The molecule has 1 N–H and O–H groups in total. The van der Waals surface area contributed by atoms with Crippen LogP contribution in [0.1, 0.15) is 37.2 Å². The summed E-state index contributed by atoms with van der Waals surface area (Å²) in [4.78, 5) is 12.8. The van der Waals surface area contributed by atoms with Crippen LogP contribution in [-0.4, -0.2) is 31.7 Å². The van der Waals surface area contributed by atoms with Gasteiger partial charge in [0, 0.05) is 19.0 Å². The molecule has 0 spiro atoms. The molecule has 1 heterocycles. The molecule has 28 heavy (non-hydrogen) atoms. The van der Waals surface area contributed by atoms with E-state index in [1.807, 2.05) is 0 Å². The molecular formula is C21H23FN2O3S. The number of sulfonamides is 1. The third-order valence-electron chi connectivity index (χ3n) is 5.50. The van der Waals surface area contributed by atoms with Crippen LogP contribution in [0.5, 0.6) is 0 Å². The quantitative estimate of drug-likeness (QED) is 0.828. The van der Waals surface area contributed by atoms with Crippen LogP contribution < -0.4 is 5.32 Å². The highest BCUT2D eigenvalue weighted by molar-refractivity contribution is 7.89. The Balaban J connectivity index is 1.50. The third-order valence-corrected chi connectivity index (χ3v) is 7.46. The summed E-state index contributed by atoms with van der Waals surface area (Å²) in [5.41, 5.74) is 1.25. The molecule has 1 aliphatic carbocycles. The van der Waals surface area contributed by atoms with E-state index in [4.69, 9.17) is 0 Å². The van der Waals surface area contributed by atoms with Crippen molar-refractivity contribution >= 4 is 21.6 Å². The Bertz CT molecular complexity index is 969. The van der Waals surface area contributed by atoms with Gasteiger partial charge in [-0.15, -0.1) is 0 Å². The summed E-state index contributed by atoms with van der Waals surface area (Å²) in [7, 11) is -3.64. The lowest BCUT2D eigenvalue weighted by Gasteiger charge is -2.26. The summed E-state index contributed by atoms with van der Waals surface area (Å²) in [6, 6.07) is 12.7. The van der Waals surface area contributed by atoms with Gasteiger partial charge in [-0.2, -0.15) is 4.31 Å². The van der Waals surface area contributed by atoms with Crippen molar-refractivity contribution in [3.05, 3.63) is 59.9 Å². The van der Waals surface area contributed by atoms with Crippen LogP contribution in [0.25, 0.3) is 0 Å². The first-order chi connectivity index (χ1) is 13.5. The number of rotatable bonds is 5. The highest BCUT2D eigenvalue weighted by atomic mass is 32.2. The second-order valence-corrected chi connectivity index (χ2v) is 9.36. The zero-order chi connectivity index (χ0) is 19.7. The van der Waals surface area contributed by atoms with Gasteiger partial charge in [-0.3, -0.25) is 4.79 Å². The Hall–Kier alpha value is -2.25. The molecular weight excluding hydrogens is 379 g/mol. The number of para-hydroxylation sites is 1. The normalized spacial score (nSPS) is 22.6. The Morgan fingerprint density at radius 2 is 1.68 bits per heavy atom. The first-order valence-electron chi connectivity index (χ1n) is 9.62. The van der Waals surface area contributed by atoms with Crippen molar-refractivity contribution in [3.63, 3.8) is 0 Å². The predicted molar refractivity (Wildman–Crippen MR) is 105 cm³/mol. The smallest absolute Gasteiger partial charge is 0.245 e. The Morgan fingerprint density at radius 3 is 2.39 bits per heavy atom. The van der Waals surface area contributed by atoms with Crippen LogP contribution in [0.3, 0.4) is 0 Å². The van der Waals surface area contributed by atoms with Crippen molar-refractivity contribution in [3.8, 4) is 0 Å². The molecule has 0 radical (unpaired) electrons. The van der Waals surface area contributed by atoms with Gasteiger partial charge in [0.15, 0.2) is 0 Å². The van der Waals surface area contributed by atoms with Crippen molar-refractivity contribution in [2.75, 3.05) is 18.4 Å². The van der Waals surface area contributed by atoms with Gasteiger partial charge in [-0.1, -0.05) is 30.7 Å². The van der Waals surface area contributed by atoms with Gasteiger partial charge >= 0.3 is 0 Å². The molecule has 2 aliphatic rings. The lowest BCUT2D eigenvalue weighted by molar-refractivity contribution is -0.117. The lowest BCUT2D eigenvalue weighted by atomic mass is 10.1. The fourth-order valence-corrected chi connectivity index (χ4v) is 5.49. The van der Waals surface area contributed by atoms with Gasteiger partial charge in [0.05, 0.1) is 5.69 Å². The van der Waals surface area contributed by atoms with E-state index in [0.29, 0.717) is 25.2 Å². The van der Waals surface area contributed by atoms with Crippen LogP contribution >= 0.6 is 0 Å². The molecule has 2 aromatic rings. The second-order valence-electron chi connectivity index (χ2n) is 7.45. The predicted octanol–water partition coefficient (Wildman–Crippen LogP) is 3.74. The van der Waals surface area contributed by atoms with E-state index in [9.17, 15) is 17.6 Å². The maximum atomic E-state index is 13.1. The molecule has 5 nitrogen and oxygen atoms in total. The third kappa shape index (κ3) is 3.82. The summed E-state index contributed by atoms with van der Waals surface area (Å²) in [6.45, 7) is 1.03. The van der Waals surface area contributed by atoms with Crippen LogP contribution in [0, 0.1) is 11.7 Å². The highest BCUT2D eigenvalue weighted by Gasteiger charge is 2.44.